The van der Waals surface area contributed by atoms with Gasteiger partial charge >= 0.3 is 0 Å². The standard InChI is InChI=1S/C13H14ClNO2S2/c1-3-15(11-7-6-10(2)12(14)9-11)19(16,17)13-5-4-8-18-13/h4-9H,3H2,1-2H3. The predicted molar refractivity (Wildman–Crippen MR) is 80.7 cm³/mol. The van der Waals surface area contributed by atoms with E-state index in [1.54, 1.807) is 36.6 Å². The van der Waals surface area contributed by atoms with Crippen molar-refractivity contribution in [2.75, 3.05) is 10.8 Å². The highest BCUT2D eigenvalue weighted by Crippen LogP contribution is 2.29. The fourth-order valence-electron chi connectivity index (χ4n) is 1.75. The van der Waals surface area contributed by atoms with Crippen LogP contribution in [0.4, 0.5) is 5.69 Å². The number of hydrogen-bond acceptors (Lipinski definition) is 3. The molecule has 0 atom stereocenters. The van der Waals surface area contributed by atoms with Crippen LogP contribution in [0.3, 0.4) is 0 Å². The minimum atomic E-state index is -3.50. The summed E-state index contributed by atoms with van der Waals surface area (Å²) in [6, 6.07) is 8.62. The van der Waals surface area contributed by atoms with Gasteiger partial charge in [-0.15, -0.1) is 11.3 Å². The van der Waals surface area contributed by atoms with Gasteiger partial charge < -0.3 is 0 Å². The lowest BCUT2D eigenvalue weighted by atomic mass is 10.2. The minimum Gasteiger partial charge on any atom is -0.266 e. The molecule has 1 heterocycles. The summed E-state index contributed by atoms with van der Waals surface area (Å²) >= 11 is 7.28. The van der Waals surface area contributed by atoms with Gasteiger partial charge in [0.25, 0.3) is 10.0 Å². The zero-order valence-corrected chi connectivity index (χ0v) is 13.0. The van der Waals surface area contributed by atoms with Crippen molar-refractivity contribution in [2.45, 2.75) is 18.1 Å². The number of sulfonamides is 1. The number of anilines is 1. The second kappa shape index (κ2) is 5.53. The van der Waals surface area contributed by atoms with Crippen LogP contribution in [0.1, 0.15) is 12.5 Å². The van der Waals surface area contributed by atoms with Crippen molar-refractivity contribution < 1.29 is 8.42 Å². The summed E-state index contributed by atoms with van der Waals surface area (Å²) in [4.78, 5) is 0. The first kappa shape index (κ1) is 14.4. The number of aryl methyl sites for hydroxylation is 1. The maximum absolute atomic E-state index is 12.5. The van der Waals surface area contributed by atoms with E-state index in [0.717, 1.165) is 5.56 Å². The Morgan fingerprint density at radius 1 is 1.32 bits per heavy atom. The topological polar surface area (TPSA) is 37.4 Å². The van der Waals surface area contributed by atoms with Gasteiger partial charge in [-0.2, -0.15) is 0 Å². The van der Waals surface area contributed by atoms with Gasteiger partial charge in [-0.25, -0.2) is 8.42 Å². The van der Waals surface area contributed by atoms with Crippen LogP contribution in [0.25, 0.3) is 0 Å². The molecule has 0 amide bonds. The molecule has 102 valence electrons. The third kappa shape index (κ3) is 2.78. The molecule has 1 aromatic heterocycles. The average Bonchev–Trinajstić information content (AvgIpc) is 2.88. The number of rotatable bonds is 4. The van der Waals surface area contributed by atoms with E-state index in [2.05, 4.69) is 0 Å². The fourth-order valence-corrected chi connectivity index (χ4v) is 4.49. The summed E-state index contributed by atoms with van der Waals surface area (Å²) in [5.74, 6) is 0. The van der Waals surface area contributed by atoms with Crippen LogP contribution in [0.15, 0.2) is 39.9 Å². The van der Waals surface area contributed by atoms with Crippen molar-refractivity contribution >= 4 is 38.6 Å². The van der Waals surface area contributed by atoms with E-state index >= 15 is 0 Å². The van der Waals surface area contributed by atoms with E-state index in [0.29, 0.717) is 21.5 Å². The summed E-state index contributed by atoms with van der Waals surface area (Å²) in [5.41, 5.74) is 1.52. The minimum absolute atomic E-state index is 0.339. The molecule has 1 aromatic carbocycles. The van der Waals surface area contributed by atoms with Crippen LogP contribution in [-0.4, -0.2) is 15.0 Å². The van der Waals surface area contributed by atoms with E-state index < -0.39 is 10.0 Å². The van der Waals surface area contributed by atoms with Crippen LogP contribution in [0.2, 0.25) is 5.02 Å². The Kier molecular flexibility index (Phi) is 4.18. The van der Waals surface area contributed by atoms with E-state index in [4.69, 9.17) is 11.6 Å². The van der Waals surface area contributed by atoms with E-state index in [1.807, 2.05) is 13.0 Å². The van der Waals surface area contributed by atoms with Crippen LogP contribution in [-0.2, 0) is 10.0 Å². The number of nitrogens with zero attached hydrogens (tertiary/aromatic N) is 1. The number of halogens is 1. The molecule has 19 heavy (non-hydrogen) atoms. The highest BCUT2D eigenvalue weighted by Gasteiger charge is 2.24. The van der Waals surface area contributed by atoms with Crippen molar-refractivity contribution in [3.05, 3.63) is 46.3 Å². The molecule has 0 unspecified atom stereocenters. The van der Waals surface area contributed by atoms with E-state index in [9.17, 15) is 8.42 Å². The van der Waals surface area contributed by atoms with Gasteiger partial charge in [-0.05, 0) is 43.0 Å². The molecule has 0 N–H and O–H groups in total. The van der Waals surface area contributed by atoms with Gasteiger partial charge in [0.1, 0.15) is 4.21 Å². The molecule has 0 saturated heterocycles. The Balaban J connectivity index is 2.48. The number of hydrogen-bond donors (Lipinski definition) is 0. The molecule has 0 aliphatic rings. The largest absolute Gasteiger partial charge is 0.273 e. The number of thiophene rings is 1. The SMILES string of the molecule is CCN(c1ccc(C)c(Cl)c1)S(=O)(=O)c1cccs1. The molecule has 3 nitrogen and oxygen atoms in total. The van der Waals surface area contributed by atoms with Gasteiger partial charge in [0.05, 0.1) is 5.69 Å². The summed E-state index contributed by atoms with van der Waals surface area (Å²) in [6.07, 6.45) is 0. The van der Waals surface area contributed by atoms with Gasteiger partial charge in [-0.3, -0.25) is 4.31 Å². The smallest absolute Gasteiger partial charge is 0.266 e. The second-order valence-corrected chi connectivity index (χ2v) is 7.48. The lowest BCUT2D eigenvalue weighted by Gasteiger charge is -2.22. The molecule has 0 fully saturated rings. The first-order valence-electron chi connectivity index (χ1n) is 5.79. The number of benzene rings is 1. The monoisotopic (exact) mass is 315 g/mol. The van der Waals surface area contributed by atoms with E-state index in [-0.39, 0.29) is 0 Å². The molecular formula is C13H14ClNO2S2. The normalized spacial score (nSPS) is 11.5. The van der Waals surface area contributed by atoms with E-state index in [1.165, 1.54) is 15.6 Å². The molecule has 0 aliphatic carbocycles. The van der Waals surface area contributed by atoms with Gasteiger partial charge in [0.2, 0.25) is 0 Å². The molecule has 2 rings (SSSR count). The Morgan fingerprint density at radius 3 is 2.58 bits per heavy atom. The second-order valence-electron chi connectivity index (χ2n) is 4.04. The molecule has 2 aromatic rings. The van der Waals surface area contributed by atoms with Gasteiger partial charge in [-0.1, -0.05) is 23.7 Å². The third-order valence-electron chi connectivity index (χ3n) is 2.77. The van der Waals surface area contributed by atoms with Crippen molar-refractivity contribution in [3.63, 3.8) is 0 Å². The maximum Gasteiger partial charge on any atom is 0.273 e. The van der Waals surface area contributed by atoms with Gasteiger partial charge in [0, 0.05) is 11.6 Å². The Morgan fingerprint density at radius 2 is 2.05 bits per heavy atom. The third-order valence-corrected chi connectivity index (χ3v) is 6.45. The lowest BCUT2D eigenvalue weighted by Crippen LogP contribution is -2.30. The van der Waals surface area contributed by atoms with Gasteiger partial charge in [0.15, 0.2) is 0 Å². The Hall–Kier alpha value is -1.04. The Labute approximate surface area is 122 Å². The first-order chi connectivity index (χ1) is 8.96. The summed E-state index contributed by atoms with van der Waals surface area (Å²) in [5, 5.41) is 2.32. The van der Waals surface area contributed by atoms with Crippen LogP contribution < -0.4 is 4.31 Å². The molecular weight excluding hydrogens is 302 g/mol. The highest BCUT2D eigenvalue weighted by atomic mass is 35.5. The lowest BCUT2D eigenvalue weighted by molar-refractivity contribution is 0.594. The van der Waals surface area contributed by atoms with Crippen LogP contribution in [0.5, 0.6) is 0 Å². The van der Waals surface area contributed by atoms with Crippen molar-refractivity contribution in [3.8, 4) is 0 Å². The van der Waals surface area contributed by atoms with Crippen molar-refractivity contribution in [1.29, 1.82) is 0 Å². The first-order valence-corrected chi connectivity index (χ1v) is 8.49. The summed E-state index contributed by atoms with van der Waals surface area (Å²) < 4.78 is 26.7. The van der Waals surface area contributed by atoms with Crippen molar-refractivity contribution in [2.24, 2.45) is 0 Å². The molecule has 0 spiro atoms. The molecule has 0 saturated carbocycles. The summed E-state index contributed by atoms with van der Waals surface area (Å²) in [6.45, 7) is 4.05. The summed E-state index contributed by atoms with van der Waals surface area (Å²) in [7, 11) is -3.50. The quantitative estimate of drug-likeness (QED) is 0.857. The van der Waals surface area contributed by atoms with Crippen LogP contribution in [0, 0.1) is 6.92 Å². The van der Waals surface area contributed by atoms with Crippen LogP contribution >= 0.6 is 22.9 Å². The molecule has 0 bridgehead atoms. The molecule has 0 radical (unpaired) electrons. The maximum atomic E-state index is 12.5. The predicted octanol–water partition coefficient (Wildman–Crippen LogP) is 3.93. The zero-order chi connectivity index (χ0) is 14.0. The van der Waals surface area contributed by atoms with Crippen molar-refractivity contribution in [1.82, 2.24) is 0 Å². The highest BCUT2D eigenvalue weighted by molar-refractivity contribution is 7.94. The molecule has 6 heteroatoms. The zero-order valence-electron chi connectivity index (χ0n) is 10.6. The Bertz CT molecular complexity index is 666. The fraction of sp³-hybridized carbons (Fsp3) is 0.231. The average molecular weight is 316 g/mol. The molecule has 0 aliphatic heterocycles.